The number of amides is 1. The van der Waals surface area contributed by atoms with Crippen LogP contribution in [-0.2, 0) is 6.54 Å². The molecule has 2 aromatic rings. The summed E-state index contributed by atoms with van der Waals surface area (Å²) in [5.74, 6) is -0.0985. The first-order valence-corrected chi connectivity index (χ1v) is 7.07. The molecule has 19 heavy (non-hydrogen) atoms. The maximum absolute atomic E-state index is 11.7. The summed E-state index contributed by atoms with van der Waals surface area (Å²) in [4.78, 5) is 11.7. The molecule has 0 fully saturated rings. The standard InChI is InChI=1S/C14H17N3OS/c1-2-16-14(18)11-3-4-13(12(15)7-11)17-8-10-5-6-19-9-10/h3-7,9,17H,2,8,15H2,1H3,(H,16,18). The Morgan fingerprint density at radius 1 is 1.37 bits per heavy atom. The number of rotatable bonds is 5. The molecule has 0 atom stereocenters. The fourth-order valence-electron chi connectivity index (χ4n) is 1.72. The van der Waals surface area contributed by atoms with E-state index in [4.69, 9.17) is 5.73 Å². The first-order valence-electron chi connectivity index (χ1n) is 6.13. The second kappa shape index (κ2) is 6.24. The van der Waals surface area contributed by atoms with Crippen LogP contribution in [-0.4, -0.2) is 12.5 Å². The van der Waals surface area contributed by atoms with Crippen molar-refractivity contribution in [3.05, 3.63) is 46.2 Å². The number of anilines is 2. The molecule has 2 rings (SSSR count). The summed E-state index contributed by atoms with van der Waals surface area (Å²) in [7, 11) is 0. The predicted molar refractivity (Wildman–Crippen MR) is 80.5 cm³/mol. The lowest BCUT2D eigenvalue weighted by Gasteiger charge is -2.10. The molecule has 0 aliphatic rings. The van der Waals surface area contributed by atoms with Crippen molar-refractivity contribution < 1.29 is 4.79 Å². The third kappa shape index (κ3) is 3.48. The van der Waals surface area contributed by atoms with Gasteiger partial charge < -0.3 is 16.4 Å². The lowest BCUT2D eigenvalue weighted by molar-refractivity contribution is 0.0956. The molecule has 0 saturated heterocycles. The van der Waals surface area contributed by atoms with E-state index in [0.29, 0.717) is 17.8 Å². The van der Waals surface area contributed by atoms with Gasteiger partial charge in [-0.15, -0.1) is 0 Å². The number of hydrogen-bond donors (Lipinski definition) is 3. The summed E-state index contributed by atoms with van der Waals surface area (Å²) < 4.78 is 0. The molecule has 4 nitrogen and oxygen atoms in total. The Kier molecular flexibility index (Phi) is 4.41. The second-order valence-corrected chi connectivity index (χ2v) is 4.93. The third-order valence-corrected chi connectivity index (χ3v) is 3.45. The van der Waals surface area contributed by atoms with E-state index in [1.165, 1.54) is 5.56 Å². The predicted octanol–water partition coefficient (Wildman–Crippen LogP) is 2.69. The van der Waals surface area contributed by atoms with E-state index >= 15 is 0 Å². The highest BCUT2D eigenvalue weighted by Crippen LogP contribution is 2.21. The van der Waals surface area contributed by atoms with Gasteiger partial charge in [0.2, 0.25) is 0 Å². The van der Waals surface area contributed by atoms with Gasteiger partial charge in [0.25, 0.3) is 5.91 Å². The highest BCUT2D eigenvalue weighted by atomic mass is 32.1. The first kappa shape index (κ1) is 13.4. The molecular weight excluding hydrogens is 258 g/mol. The molecule has 0 bridgehead atoms. The number of benzene rings is 1. The normalized spacial score (nSPS) is 10.2. The first-order chi connectivity index (χ1) is 9.20. The van der Waals surface area contributed by atoms with Crippen molar-refractivity contribution in [2.45, 2.75) is 13.5 Å². The van der Waals surface area contributed by atoms with Gasteiger partial charge in [-0.3, -0.25) is 4.79 Å². The van der Waals surface area contributed by atoms with Gasteiger partial charge in [0.1, 0.15) is 0 Å². The Balaban J connectivity index is 2.04. The van der Waals surface area contributed by atoms with Crippen molar-refractivity contribution >= 4 is 28.6 Å². The van der Waals surface area contributed by atoms with Crippen LogP contribution in [0, 0.1) is 0 Å². The second-order valence-electron chi connectivity index (χ2n) is 4.15. The number of nitrogen functional groups attached to an aromatic ring is 1. The SMILES string of the molecule is CCNC(=O)c1ccc(NCc2ccsc2)c(N)c1. The molecular formula is C14H17N3OS. The van der Waals surface area contributed by atoms with Gasteiger partial charge in [-0.05, 0) is 47.5 Å². The lowest BCUT2D eigenvalue weighted by Crippen LogP contribution is -2.22. The number of thiophene rings is 1. The molecule has 1 aromatic heterocycles. The van der Waals surface area contributed by atoms with Gasteiger partial charge in [0.05, 0.1) is 11.4 Å². The van der Waals surface area contributed by atoms with Crippen LogP contribution in [0.1, 0.15) is 22.8 Å². The number of carbonyl (C=O) groups excluding carboxylic acids is 1. The van der Waals surface area contributed by atoms with Crippen molar-refractivity contribution in [2.75, 3.05) is 17.6 Å². The number of carbonyl (C=O) groups is 1. The molecule has 1 amide bonds. The van der Waals surface area contributed by atoms with Crippen molar-refractivity contribution in [3.63, 3.8) is 0 Å². The van der Waals surface area contributed by atoms with Gasteiger partial charge in [0.15, 0.2) is 0 Å². The Bertz CT molecular complexity index is 552. The van der Waals surface area contributed by atoms with E-state index in [0.717, 1.165) is 12.2 Å². The summed E-state index contributed by atoms with van der Waals surface area (Å²) in [6.45, 7) is 3.23. The summed E-state index contributed by atoms with van der Waals surface area (Å²) >= 11 is 1.67. The maximum atomic E-state index is 11.7. The van der Waals surface area contributed by atoms with E-state index in [1.807, 2.05) is 18.4 Å². The summed E-state index contributed by atoms with van der Waals surface area (Å²) in [6, 6.07) is 7.38. The molecule has 0 radical (unpaired) electrons. The van der Waals surface area contributed by atoms with Crippen molar-refractivity contribution in [2.24, 2.45) is 0 Å². The summed E-state index contributed by atoms with van der Waals surface area (Å²) in [5.41, 5.74) is 9.19. The minimum Gasteiger partial charge on any atom is -0.397 e. The van der Waals surface area contributed by atoms with Crippen LogP contribution < -0.4 is 16.4 Å². The number of nitrogens with one attached hydrogen (secondary N) is 2. The fourth-order valence-corrected chi connectivity index (χ4v) is 2.39. The molecule has 1 aromatic carbocycles. The molecule has 4 N–H and O–H groups in total. The third-order valence-electron chi connectivity index (χ3n) is 2.71. The molecule has 0 spiro atoms. The summed E-state index contributed by atoms with van der Waals surface area (Å²) in [6.07, 6.45) is 0. The smallest absolute Gasteiger partial charge is 0.251 e. The van der Waals surface area contributed by atoms with Crippen LogP contribution in [0.5, 0.6) is 0 Å². The van der Waals surface area contributed by atoms with Crippen LogP contribution in [0.3, 0.4) is 0 Å². The molecule has 0 aliphatic heterocycles. The lowest BCUT2D eigenvalue weighted by atomic mass is 10.1. The molecule has 0 unspecified atom stereocenters. The Morgan fingerprint density at radius 2 is 2.21 bits per heavy atom. The average molecular weight is 275 g/mol. The maximum Gasteiger partial charge on any atom is 0.251 e. The highest BCUT2D eigenvalue weighted by Gasteiger charge is 2.07. The van der Waals surface area contributed by atoms with E-state index in [-0.39, 0.29) is 5.91 Å². The topological polar surface area (TPSA) is 67.2 Å². The monoisotopic (exact) mass is 275 g/mol. The van der Waals surface area contributed by atoms with Gasteiger partial charge in [-0.2, -0.15) is 11.3 Å². The Morgan fingerprint density at radius 3 is 2.84 bits per heavy atom. The van der Waals surface area contributed by atoms with Crippen LogP contribution in [0.4, 0.5) is 11.4 Å². The van der Waals surface area contributed by atoms with E-state index in [9.17, 15) is 4.79 Å². The molecule has 1 heterocycles. The van der Waals surface area contributed by atoms with Crippen LogP contribution in [0.15, 0.2) is 35.0 Å². The van der Waals surface area contributed by atoms with Gasteiger partial charge >= 0.3 is 0 Å². The largest absolute Gasteiger partial charge is 0.397 e. The van der Waals surface area contributed by atoms with Crippen LogP contribution in [0.2, 0.25) is 0 Å². The molecule has 0 aliphatic carbocycles. The number of hydrogen-bond acceptors (Lipinski definition) is 4. The number of nitrogens with two attached hydrogens (primary N) is 1. The highest BCUT2D eigenvalue weighted by molar-refractivity contribution is 7.07. The quantitative estimate of drug-likeness (QED) is 0.735. The van der Waals surface area contributed by atoms with Crippen LogP contribution in [0.25, 0.3) is 0 Å². The Labute approximate surface area is 116 Å². The van der Waals surface area contributed by atoms with Crippen molar-refractivity contribution in [1.82, 2.24) is 5.32 Å². The fraction of sp³-hybridized carbons (Fsp3) is 0.214. The van der Waals surface area contributed by atoms with E-state index in [2.05, 4.69) is 22.1 Å². The average Bonchev–Trinajstić information content (AvgIpc) is 2.90. The zero-order valence-electron chi connectivity index (χ0n) is 10.8. The molecule has 100 valence electrons. The zero-order chi connectivity index (χ0) is 13.7. The molecule has 0 saturated carbocycles. The Hall–Kier alpha value is -2.01. The minimum absolute atomic E-state index is 0.0985. The van der Waals surface area contributed by atoms with Gasteiger partial charge in [0, 0.05) is 18.7 Å². The summed E-state index contributed by atoms with van der Waals surface area (Å²) in [5, 5.41) is 10.1. The molecule has 5 heteroatoms. The van der Waals surface area contributed by atoms with Crippen LogP contribution >= 0.6 is 11.3 Å². The van der Waals surface area contributed by atoms with E-state index in [1.54, 1.807) is 23.5 Å². The van der Waals surface area contributed by atoms with Gasteiger partial charge in [-0.25, -0.2) is 0 Å². The van der Waals surface area contributed by atoms with Crippen molar-refractivity contribution in [3.8, 4) is 0 Å². The zero-order valence-corrected chi connectivity index (χ0v) is 11.6. The minimum atomic E-state index is -0.0985. The van der Waals surface area contributed by atoms with Crippen molar-refractivity contribution in [1.29, 1.82) is 0 Å². The van der Waals surface area contributed by atoms with Gasteiger partial charge in [-0.1, -0.05) is 0 Å². The van der Waals surface area contributed by atoms with E-state index < -0.39 is 0 Å².